The minimum Gasteiger partial charge on any atom is -0.497 e. The molecule has 8 heteroatoms. The predicted octanol–water partition coefficient (Wildman–Crippen LogP) is 1.89. The number of hydrogen-bond acceptors (Lipinski definition) is 5. The van der Waals surface area contributed by atoms with Gasteiger partial charge in [0, 0.05) is 18.2 Å². The first-order chi connectivity index (χ1) is 14.0. The van der Waals surface area contributed by atoms with Crippen molar-refractivity contribution < 1.29 is 28.2 Å². The molecule has 2 amide bonds. The van der Waals surface area contributed by atoms with E-state index in [-0.39, 0.29) is 43.9 Å². The molecule has 1 aliphatic heterocycles. The summed E-state index contributed by atoms with van der Waals surface area (Å²) in [7, 11) is 3.08. The molecule has 1 atom stereocenters. The van der Waals surface area contributed by atoms with Gasteiger partial charge in [0.25, 0.3) is 0 Å². The summed E-state index contributed by atoms with van der Waals surface area (Å²) in [5.41, 5.74) is 1.37. The number of rotatable bonds is 7. The molecule has 0 bridgehead atoms. The van der Waals surface area contributed by atoms with Crippen molar-refractivity contribution in [3.8, 4) is 11.5 Å². The number of methoxy groups -OCH3 is 2. The summed E-state index contributed by atoms with van der Waals surface area (Å²) in [5.74, 6) is 0.154. The number of morpholine rings is 1. The Bertz CT molecular complexity index is 889. The van der Waals surface area contributed by atoms with Crippen molar-refractivity contribution in [2.45, 2.75) is 19.1 Å². The van der Waals surface area contributed by atoms with Gasteiger partial charge in [0.15, 0.2) is 0 Å². The zero-order valence-electron chi connectivity index (χ0n) is 16.3. The van der Waals surface area contributed by atoms with E-state index in [2.05, 4.69) is 5.32 Å². The van der Waals surface area contributed by atoms with E-state index >= 15 is 0 Å². The number of carbonyl (C=O) groups excluding carboxylic acids is 2. The molecule has 29 heavy (non-hydrogen) atoms. The molecule has 1 heterocycles. The van der Waals surface area contributed by atoms with E-state index in [1.807, 2.05) is 0 Å². The average Bonchev–Trinajstić information content (AvgIpc) is 2.73. The molecule has 7 nitrogen and oxygen atoms in total. The van der Waals surface area contributed by atoms with Crippen LogP contribution in [0.15, 0.2) is 42.5 Å². The van der Waals surface area contributed by atoms with Crippen molar-refractivity contribution >= 4 is 11.8 Å². The highest BCUT2D eigenvalue weighted by atomic mass is 19.1. The summed E-state index contributed by atoms with van der Waals surface area (Å²) in [5, 5.41) is 2.75. The summed E-state index contributed by atoms with van der Waals surface area (Å²) < 4.78 is 29.2. The van der Waals surface area contributed by atoms with Crippen LogP contribution in [0.25, 0.3) is 0 Å². The molecule has 1 N–H and O–H groups in total. The third-order valence-electron chi connectivity index (χ3n) is 4.69. The number of halogens is 1. The molecule has 0 radical (unpaired) electrons. The topological polar surface area (TPSA) is 77.1 Å². The van der Waals surface area contributed by atoms with Crippen LogP contribution in [0.4, 0.5) is 4.39 Å². The lowest BCUT2D eigenvalue weighted by Gasteiger charge is -2.34. The molecule has 3 rings (SSSR count). The maximum absolute atomic E-state index is 13.3. The number of benzene rings is 2. The van der Waals surface area contributed by atoms with Crippen molar-refractivity contribution in [2.75, 3.05) is 27.4 Å². The SMILES string of the molecule is COc1ccc(CN2C(=O)COC[C@H]2C(=O)NCc2cccc(F)c2)c(OC)c1. The van der Waals surface area contributed by atoms with Gasteiger partial charge >= 0.3 is 0 Å². The molecule has 0 spiro atoms. The van der Waals surface area contributed by atoms with Gasteiger partial charge in [-0.05, 0) is 29.8 Å². The van der Waals surface area contributed by atoms with Crippen molar-refractivity contribution in [3.63, 3.8) is 0 Å². The Hall–Kier alpha value is -3.13. The second-order valence-corrected chi connectivity index (χ2v) is 6.58. The molecular weight excluding hydrogens is 379 g/mol. The lowest BCUT2D eigenvalue weighted by atomic mass is 10.1. The second-order valence-electron chi connectivity index (χ2n) is 6.58. The maximum atomic E-state index is 13.3. The highest BCUT2D eigenvalue weighted by Gasteiger charge is 2.34. The maximum Gasteiger partial charge on any atom is 0.249 e. The van der Waals surface area contributed by atoms with Crippen LogP contribution < -0.4 is 14.8 Å². The zero-order valence-corrected chi connectivity index (χ0v) is 16.3. The van der Waals surface area contributed by atoms with Crippen LogP contribution in [0.2, 0.25) is 0 Å². The Balaban J connectivity index is 1.73. The van der Waals surface area contributed by atoms with Gasteiger partial charge in [-0.25, -0.2) is 4.39 Å². The first-order valence-electron chi connectivity index (χ1n) is 9.12. The number of amides is 2. The largest absolute Gasteiger partial charge is 0.497 e. The number of nitrogens with zero attached hydrogens (tertiary/aromatic N) is 1. The summed E-state index contributed by atoms with van der Waals surface area (Å²) in [6, 6.07) is 10.5. The van der Waals surface area contributed by atoms with E-state index in [0.29, 0.717) is 17.1 Å². The monoisotopic (exact) mass is 402 g/mol. The molecule has 2 aromatic carbocycles. The van der Waals surface area contributed by atoms with Crippen LogP contribution in [-0.4, -0.2) is 50.2 Å². The predicted molar refractivity (Wildman–Crippen MR) is 103 cm³/mol. The van der Waals surface area contributed by atoms with E-state index in [0.717, 1.165) is 5.56 Å². The van der Waals surface area contributed by atoms with Crippen molar-refractivity contribution in [1.29, 1.82) is 0 Å². The Morgan fingerprint density at radius 3 is 2.79 bits per heavy atom. The van der Waals surface area contributed by atoms with E-state index < -0.39 is 6.04 Å². The normalized spacial score (nSPS) is 16.4. The fourth-order valence-corrected chi connectivity index (χ4v) is 3.14. The van der Waals surface area contributed by atoms with Crippen LogP contribution in [0, 0.1) is 5.82 Å². The first-order valence-corrected chi connectivity index (χ1v) is 9.12. The van der Waals surface area contributed by atoms with Gasteiger partial charge in [-0.2, -0.15) is 0 Å². The van der Waals surface area contributed by atoms with Crippen LogP contribution in [0.5, 0.6) is 11.5 Å². The summed E-state index contributed by atoms with van der Waals surface area (Å²) in [6.07, 6.45) is 0. The minimum absolute atomic E-state index is 0.0825. The van der Waals surface area contributed by atoms with Gasteiger partial charge in [0.05, 0.1) is 27.4 Å². The molecule has 2 aromatic rings. The molecule has 0 aliphatic carbocycles. The number of ether oxygens (including phenoxy) is 3. The fraction of sp³-hybridized carbons (Fsp3) is 0.333. The van der Waals surface area contributed by atoms with Crippen molar-refractivity contribution in [3.05, 3.63) is 59.4 Å². The molecule has 0 unspecified atom stereocenters. The highest BCUT2D eigenvalue weighted by Crippen LogP contribution is 2.27. The molecule has 1 aliphatic rings. The Morgan fingerprint density at radius 1 is 1.24 bits per heavy atom. The van der Waals surface area contributed by atoms with E-state index in [4.69, 9.17) is 14.2 Å². The van der Waals surface area contributed by atoms with E-state index in [1.54, 1.807) is 37.4 Å². The van der Waals surface area contributed by atoms with Gasteiger partial charge in [0.2, 0.25) is 11.8 Å². The van der Waals surface area contributed by atoms with Crippen molar-refractivity contribution in [1.82, 2.24) is 10.2 Å². The van der Waals surface area contributed by atoms with Gasteiger partial charge in [0.1, 0.15) is 30.0 Å². The lowest BCUT2D eigenvalue weighted by molar-refractivity contribution is -0.155. The second kappa shape index (κ2) is 9.38. The summed E-state index contributed by atoms with van der Waals surface area (Å²) in [6.45, 7) is 0.333. The Kier molecular flexibility index (Phi) is 6.66. The quantitative estimate of drug-likeness (QED) is 0.765. The summed E-state index contributed by atoms with van der Waals surface area (Å²) >= 11 is 0. The molecule has 1 saturated heterocycles. The van der Waals surface area contributed by atoms with Crippen molar-refractivity contribution in [2.24, 2.45) is 0 Å². The van der Waals surface area contributed by atoms with Crippen LogP contribution in [0.3, 0.4) is 0 Å². The third kappa shape index (κ3) is 5.03. The standard InChI is InChI=1S/C21H23FN2O5/c1-27-17-7-6-15(19(9-17)28-2)11-24-18(12-29-13-20(24)25)21(26)23-10-14-4-3-5-16(22)8-14/h3-9,18H,10-13H2,1-2H3,(H,23,26)/t18-/m0/s1. The smallest absolute Gasteiger partial charge is 0.249 e. The molecule has 0 saturated carbocycles. The molecule has 154 valence electrons. The summed E-state index contributed by atoms with van der Waals surface area (Å²) in [4.78, 5) is 26.7. The van der Waals surface area contributed by atoms with E-state index in [9.17, 15) is 14.0 Å². The molecule has 1 fully saturated rings. The van der Waals surface area contributed by atoms with Gasteiger partial charge in [-0.3, -0.25) is 9.59 Å². The Morgan fingerprint density at radius 2 is 2.07 bits per heavy atom. The number of carbonyl (C=O) groups is 2. The van der Waals surface area contributed by atoms with Crippen LogP contribution in [0.1, 0.15) is 11.1 Å². The average molecular weight is 402 g/mol. The van der Waals surface area contributed by atoms with Gasteiger partial charge in [-0.1, -0.05) is 12.1 Å². The van der Waals surface area contributed by atoms with E-state index in [1.165, 1.54) is 24.1 Å². The van der Waals surface area contributed by atoms with Crippen LogP contribution >= 0.6 is 0 Å². The number of nitrogens with one attached hydrogen (secondary N) is 1. The molecular formula is C21H23FN2O5. The highest BCUT2D eigenvalue weighted by molar-refractivity contribution is 5.89. The third-order valence-corrected chi connectivity index (χ3v) is 4.69. The zero-order chi connectivity index (χ0) is 20.8. The van der Waals surface area contributed by atoms with Gasteiger partial charge < -0.3 is 24.4 Å². The minimum atomic E-state index is -0.795. The lowest BCUT2D eigenvalue weighted by Crippen LogP contribution is -2.55. The Labute approximate surface area is 168 Å². The van der Waals surface area contributed by atoms with Crippen LogP contribution in [-0.2, 0) is 27.4 Å². The van der Waals surface area contributed by atoms with Gasteiger partial charge in [-0.15, -0.1) is 0 Å². The molecule has 0 aromatic heterocycles. The number of hydrogen-bond donors (Lipinski definition) is 1. The first kappa shape index (κ1) is 20.6. The fourth-order valence-electron chi connectivity index (χ4n) is 3.14.